The summed E-state index contributed by atoms with van der Waals surface area (Å²) in [7, 11) is 1.57. The van der Waals surface area contributed by atoms with Gasteiger partial charge in [0.05, 0.1) is 7.11 Å². The Labute approximate surface area is 129 Å². The Hall–Kier alpha value is -2.56. The molecule has 0 unspecified atom stereocenters. The van der Waals surface area contributed by atoms with Crippen LogP contribution in [0.25, 0.3) is 0 Å². The van der Waals surface area contributed by atoms with Crippen molar-refractivity contribution in [2.45, 2.75) is 27.3 Å². The van der Waals surface area contributed by atoms with Gasteiger partial charge in [-0.15, -0.1) is 0 Å². The van der Waals surface area contributed by atoms with Gasteiger partial charge in [0.1, 0.15) is 5.75 Å². The highest BCUT2D eigenvalue weighted by atomic mass is 16.5. The molecule has 0 saturated carbocycles. The molecule has 0 bridgehead atoms. The molecule has 1 aromatic heterocycles. The number of nitrogens with one attached hydrogen (secondary N) is 2. The van der Waals surface area contributed by atoms with E-state index in [0.717, 1.165) is 16.8 Å². The van der Waals surface area contributed by atoms with Crippen molar-refractivity contribution in [2.75, 3.05) is 7.11 Å². The summed E-state index contributed by atoms with van der Waals surface area (Å²) in [6, 6.07) is 7.20. The standard InChI is InChI=1S/C17H20N2O3/c1-10-8-11(2)19-17(21)14(10)9-18-16(20)13-6-5-7-15(22-4)12(13)3/h5-8H,9H2,1-4H3,(H,18,20)(H,19,21). The number of hydrogen-bond donors (Lipinski definition) is 2. The summed E-state index contributed by atoms with van der Waals surface area (Å²) in [5.41, 5.74) is 3.39. The van der Waals surface area contributed by atoms with Crippen LogP contribution in [0.4, 0.5) is 0 Å². The quantitative estimate of drug-likeness (QED) is 0.909. The fourth-order valence-corrected chi connectivity index (χ4v) is 2.45. The van der Waals surface area contributed by atoms with Gasteiger partial charge in [0.15, 0.2) is 0 Å². The molecule has 22 heavy (non-hydrogen) atoms. The summed E-state index contributed by atoms with van der Waals surface area (Å²) in [5, 5.41) is 2.79. The summed E-state index contributed by atoms with van der Waals surface area (Å²) in [5.74, 6) is 0.438. The second-order valence-electron chi connectivity index (χ2n) is 5.26. The van der Waals surface area contributed by atoms with Gasteiger partial charge in [-0.25, -0.2) is 0 Å². The van der Waals surface area contributed by atoms with Crippen LogP contribution in [0.1, 0.15) is 32.7 Å². The van der Waals surface area contributed by atoms with Gasteiger partial charge >= 0.3 is 0 Å². The first kappa shape index (κ1) is 15.8. The third-order valence-electron chi connectivity index (χ3n) is 3.67. The third kappa shape index (κ3) is 3.19. The number of benzene rings is 1. The molecule has 0 aliphatic heterocycles. The van der Waals surface area contributed by atoms with E-state index in [1.807, 2.05) is 26.8 Å². The van der Waals surface area contributed by atoms with Gasteiger partial charge in [-0.1, -0.05) is 6.07 Å². The Morgan fingerprint density at radius 2 is 2.00 bits per heavy atom. The molecule has 1 aromatic carbocycles. The van der Waals surface area contributed by atoms with Crippen molar-refractivity contribution in [2.24, 2.45) is 0 Å². The van der Waals surface area contributed by atoms with Crippen LogP contribution in [0, 0.1) is 20.8 Å². The van der Waals surface area contributed by atoms with Gasteiger partial charge in [-0.05, 0) is 44.5 Å². The molecule has 0 radical (unpaired) electrons. The van der Waals surface area contributed by atoms with Gasteiger partial charge in [0.2, 0.25) is 0 Å². The number of carbonyl (C=O) groups is 1. The van der Waals surface area contributed by atoms with E-state index < -0.39 is 0 Å². The van der Waals surface area contributed by atoms with Crippen LogP contribution >= 0.6 is 0 Å². The largest absolute Gasteiger partial charge is 0.496 e. The average Bonchev–Trinajstić information content (AvgIpc) is 2.46. The predicted molar refractivity (Wildman–Crippen MR) is 85.4 cm³/mol. The summed E-state index contributed by atoms with van der Waals surface area (Å²) < 4.78 is 5.21. The van der Waals surface area contributed by atoms with Crippen molar-refractivity contribution >= 4 is 5.91 Å². The smallest absolute Gasteiger partial charge is 0.253 e. The van der Waals surface area contributed by atoms with E-state index in [0.29, 0.717) is 16.9 Å². The lowest BCUT2D eigenvalue weighted by Crippen LogP contribution is -2.28. The number of rotatable bonds is 4. The van der Waals surface area contributed by atoms with Gasteiger partial charge in [-0.2, -0.15) is 0 Å². The molecule has 0 fully saturated rings. The van der Waals surface area contributed by atoms with Crippen molar-refractivity contribution < 1.29 is 9.53 Å². The van der Waals surface area contributed by atoms with E-state index in [4.69, 9.17) is 4.74 Å². The molecule has 0 aliphatic rings. The molecule has 0 saturated heterocycles. The summed E-state index contributed by atoms with van der Waals surface area (Å²) >= 11 is 0. The number of aromatic nitrogens is 1. The minimum atomic E-state index is -0.226. The zero-order chi connectivity index (χ0) is 16.3. The fraction of sp³-hybridized carbons (Fsp3) is 0.294. The number of ether oxygens (including phenoxy) is 1. The Morgan fingerprint density at radius 1 is 1.27 bits per heavy atom. The van der Waals surface area contributed by atoms with Crippen LogP contribution in [0.3, 0.4) is 0 Å². The van der Waals surface area contributed by atoms with Crippen molar-refractivity contribution in [3.63, 3.8) is 0 Å². The molecule has 5 nitrogen and oxygen atoms in total. The Morgan fingerprint density at radius 3 is 2.64 bits per heavy atom. The van der Waals surface area contributed by atoms with Crippen LogP contribution in [-0.2, 0) is 6.54 Å². The maximum absolute atomic E-state index is 12.3. The van der Waals surface area contributed by atoms with E-state index in [9.17, 15) is 9.59 Å². The Bertz CT molecular complexity index is 763. The molecule has 1 heterocycles. The number of carbonyl (C=O) groups excluding carboxylic acids is 1. The lowest BCUT2D eigenvalue weighted by molar-refractivity contribution is 0.0949. The molecule has 2 rings (SSSR count). The minimum Gasteiger partial charge on any atom is -0.496 e. The summed E-state index contributed by atoms with van der Waals surface area (Å²) in [4.78, 5) is 27.0. The third-order valence-corrected chi connectivity index (χ3v) is 3.67. The van der Waals surface area contributed by atoms with Gasteiger partial charge in [0, 0.05) is 28.9 Å². The number of aryl methyl sites for hydroxylation is 2. The van der Waals surface area contributed by atoms with Crippen molar-refractivity contribution in [1.82, 2.24) is 10.3 Å². The molecule has 2 N–H and O–H groups in total. The molecular formula is C17H20N2O3. The number of pyridine rings is 1. The van der Waals surface area contributed by atoms with E-state index >= 15 is 0 Å². The first-order chi connectivity index (χ1) is 10.4. The molecule has 1 amide bonds. The second-order valence-corrected chi connectivity index (χ2v) is 5.26. The minimum absolute atomic E-state index is 0.167. The predicted octanol–water partition coefficient (Wildman–Crippen LogP) is 2.24. The SMILES string of the molecule is COc1cccc(C(=O)NCc2c(C)cc(C)[nH]c2=O)c1C. The van der Waals surface area contributed by atoms with Crippen LogP contribution in [0.15, 0.2) is 29.1 Å². The molecule has 2 aromatic rings. The van der Waals surface area contributed by atoms with Gasteiger partial charge in [-0.3, -0.25) is 9.59 Å². The molecule has 5 heteroatoms. The lowest BCUT2D eigenvalue weighted by Gasteiger charge is -2.11. The monoisotopic (exact) mass is 300 g/mol. The molecule has 0 aliphatic carbocycles. The van der Waals surface area contributed by atoms with Gasteiger partial charge < -0.3 is 15.0 Å². The van der Waals surface area contributed by atoms with Crippen LogP contribution in [0.5, 0.6) is 5.75 Å². The fourth-order valence-electron chi connectivity index (χ4n) is 2.45. The molecule has 116 valence electrons. The number of aromatic amines is 1. The Balaban J connectivity index is 2.19. The molecule has 0 atom stereocenters. The van der Waals surface area contributed by atoms with E-state index in [2.05, 4.69) is 10.3 Å². The summed E-state index contributed by atoms with van der Waals surface area (Å²) in [6.07, 6.45) is 0. The van der Waals surface area contributed by atoms with Crippen molar-refractivity contribution in [3.8, 4) is 5.75 Å². The highest BCUT2D eigenvalue weighted by Gasteiger charge is 2.13. The zero-order valence-electron chi connectivity index (χ0n) is 13.2. The molecule has 0 spiro atoms. The zero-order valence-corrected chi connectivity index (χ0v) is 13.2. The van der Waals surface area contributed by atoms with Gasteiger partial charge in [0.25, 0.3) is 11.5 Å². The second kappa shape index (κ2) is 6.47. The molecular weight excluding hydrogens is 280 g/mol. The first-order valence-electron chi connectivity index (χ1n) is 7.05. The van der Waals surface area contributed by atoms with E-state index in [-0.39, 0.29) is 18.0 Å². The topological polar surface area (TPSA) is 71.2 Å². The Kier molecular flexibility index (Phi) is 4.65. The van der Waals surface area contributed by atoms with E-state index in [1.54, 1.807) is 25.3 Å². The number of amides is 1. The normalized spacial score (nSPS) is 10.4. The number of hydrogen-bond acceptors (Lipinski definition) is 3. The van der Waals surface area contributed by atoms with Crippen LogP contribution in [0.2, 0.25) is 0 Å². The van der Waals surface area contributed by atoms with Crippen LogP contribution in [-0.4, -0.2) is 18.0 Å². The highest BCUT2D eigenvalue weighted by Crippen LogP contribution is 2.20. The van der Waals surface area contributed by atoms with Crippen molar-refractivity contribution in [3.05, 3.63) is 62.6 Å². The maximum Gasteiger partial charge on any atom is 0.253 e. The number of methoxy groups -OCH3 is 1. The average molecular weight is 300 g/mol. The first-order valence-corrected chi connectivity index (χ1v) is 7.05. The van der Waals surface area contributed by atoms with Crippen LogP contribution < -0.4 is 15.6 Å². The summed E-state index contributed by atoms with van der Waals surface area (Å²) in [6.45, 7) is 5.71. The number of H-pyrrole nitrogens is 1. The maximum atomic E-state index is 12.3. The van der Waals surface area contributed by atoms with E-state index in [1.165, 1.54) is 0 Å². The lowest BCUT2D eigenvalue weighted by atomic mass is 10.1. The van der Waals surface area contributed by atoms with Crippen molar-refractivity contribution in [1.29, 1.82) is 0 Å². The highest BCUT2D eigenvalue weighted by molar-refractivity contribution is 5.96.